The number of aliphatic hydroxyl groups excluding tert-OH is 2. The van der Waals surface area contributed by atoms with Gasteiger partial charge in [-0.25, -0.2) is 0 Å². The number of carbonyl (C=O) groups is 2. The summed E-state index contributed by atoms with van der Waals surface area (Å²) in [5.74, 6) is -0.313. The minimum atomic E-state index is -0.872. The predicted octanol–water partition coefficient (Wildman–Crippen LogP) is 5.31. The third kappa shape index (κ3) is 2.42. The molecule has 0 aromatic rings. The van der Waals surface area contributed by atoms with Crippen LogP contribution in [0.4, 0.5) is 0 Å². The van der Waals surface area contributed by atoms with E-state index in [1.54, 1.807) is 6.08 Å². The Morgan fingerprint density at radius 2 is 1.69 bits per heavy atom. The third-order valence-electron chi connectivity index (χ3n) is 9.72. The number of hydrogen-bond acceptors (Lipinski definition) is 4. The molecule has 0 radical (unpaired) electrons. The van der Waals surface area contributed by atoms with E-state index >= 15 is 0 Å². The van der Waals surface area contributed by atoms with Gasteiger partial charge in [-0.3, -0.25) is 9.59 Å². The number of aliphatic hydroxyl groups is 2. The highest BCUT2D eigenvalue weighted by molar-refractivity contribution is 6.06. The Hall–Kier alpha value is -2.20. The molecule has 2 N–H and O–H groups in total. The Labute approximate surface area is 190 Å². The van der Waals surface area contributed by atoms with Crippen LogP contribution in [0, 0.1) is 28.1 Å². The molecule has 4 heteroatoms. The van der Waals surface area contributed by atoms with E-state index in [-0.39, 0.29) is 40.0 Å². The Morgan fingerprint density at radius 1 is 1.00 bits per heavy atom. The first-order chi connectivity index (χ1) is 14.9. The lowest BCUT2D eigenvalue weighted by Gasteiger charge is -2.62. The molecule has 5 aliphatic rings. The van der Waals surface area contributed by atoms with Crippen molar-refractivity contribution in [3.05, 3.63) is 57.4 Å². The Bertz CT molecular complexity index is 1130. The molecule has 2 saturated carbocycles. The molecule has 6 atom stereocenters. The van der Waals surface area contributed by atoms with Crippen molar-refractivity contribution in [2.75, 3.05) is 0 Å². The van der Waals surface area contributed by atoms with Crippen molar-refractivity contribution >= 4 is 11.6 Å². The Morgan fingerprint density at radius 3 is 2.38 bits per heavy atom. The molecular formula is C28H34O4. The molecule has 5 rings (SSSR count). The molecular weight excluding hydrogens is 400 g/mol. The fourth-order valence-corrected chi connectivity index (χ4v) is 7.94. The van der Waals surface area contributed by atoms with Crippen LogP contribution in [0.15, 0.2) is 57.4 Å². The first-order valence-electron chi connectivity index (χ1n) is 11.9. The average molecular weight is 435 g/mol. The summed E-state index contributed by atoms with van der Waals surface area (Å²) < 4.78 is 0. The molecule has 0 aromatic carbocycles. The normalized spacial score (nSPS) is 43.6. The van der Waals surface area contributed by atoms with Gasteiger partial charge in [-0.1, -0.05) is 45.4 Å². The smallest absolute Gasteiger partial charge is 0.220 e. The summed E-state index contributed by atoms with van der Waals surface area (Å²) in [6, 6.07) is 0. The summed E-state index contributed by atoms with van der Waals surface area (Å²) in [6.07, 6.45) is 8.34. The van der Waals surface area contributed by atoms with E-state index < -0.39 is 11.5 Å². The molecule has 32 heavy (non-hydrogen) atoms. The number of ketones is 2. The minimum absolute atomic E-state index is 0.00541. The fourth-order valence-electron chi connectivity index (χ4n) is 7.94. The first kappa shape index (κ1) is 21.6. The van der Waals surface area contributed by atoms with E-state index in [0.29, 0.717) is 12.0 Å². The largest absolute Gasteiger partial charge is 0.504 e. The second kappa shape index (κ2) is 6.44. The summed E-state index contributed by atoms with van der Waals surface area (Å²) in [5, 5.41) is 20.8. The zero-order chi connectivity index (χ0) is 23.4. The van der Waals surface area contributed by atoms with Gasteiger partial charge in [-0.15, -0.1) is 0 Å². The van der Waals surface area contributed by atoms with Gasteiger partial charge in [0.25, 0.3) is 0 Å². The van der Waals surface area contributed by atoms with Crippen LogP contribution in [-0.2, 0) is 9.59 Å². The average Bonchev–Trinajstić information content (AvgIpc) is 2.73. The van der Waals surface area contributed by atoms with E-state index in [1.165, 1.54) is 16.7 Å². The SMILES string of the molecule is CC1=C2C3=CC=C4C(=CC(=O)C(O)=C4C)C3(C)CCC2(C)C2CC(C)C(O)C(=O)C2(C)C1. The van der Waals surface area contributed by atoms with Gasteiger partial charge < -0.3 is 10.2 Å². The standard InChI is InChI=1S/C28H34O4/c1-14-11-21-27(5)10-9-26(4)18(8-7-17-16(3)24(31)20(29)12-19(17)26)22(27)15(2)13-28(21,6)25(32)23(14)30/h7-8,12,14,21,23,30-31H,9-11,13H2,1-6H3. The Balaban J connectivity index is 1.71. The molecule has 0 bridgehead atoms. The highest BCUT2D eigenvalue weighted by atomic mass is 16.3. The molecule has 0 spiro atoms. The van der Waals surface area contributed by atoms with E-state index in [4.69, 9.17) is 0 Å². The molecule has 2 fully saturated rings. The molecule has 5 aliphatic carbocycles. The first-order valence-corrected chi connectivity index (χ1v) is 11.9. The van der Waals surface area contributed by atoms with Gasteiger partial charge in [0.15, 0.2) is 11.5 Å². The van der Waals surface area contributed by atoms with Gasteiger partial charge in [0.2, 0.25) is 5.78 Å². The van der Waals surface area contributed by atoms with E-state index in [0.717, 1.165) is 30.4 Å². The number of rotatable bonds is 0. The van der Waals surface area contributed by atoms with Crippen molar-refractivity contribution in [2.24, 2.45) is 28.1 Å². The summed E-state index contributed by atoms with van der Waals surface area (Å²) in [5.41, 5.74) is 5.48. The van der Waals surface area contributed by atoms with Crippen LogP contribution in [0.2, 0.25) is 0 Å². The van der Waals surface area contributed by atoms with Crippen LogP contribution in [-0.4, -0.2) is 27.9 Å². The zero-order valence-electron chi connectivity index (χ0n) is 20.0. The monoisotopic (exact) mass is 434 g/mol. The van der Waals surface area contributed by atoms with Crippen molar-refractivity contribution in [3.8, 4) is 0 Å². The lowest BCUT2D eigenvalue weighted by Crippen LogP contribution is -2.59. The van der Waals surface area contributed by atoms with Crippen molar-refractivity contribution in [3.63, 3.8) is 0 Å². The van der Waals surface area contributed by atoms with Crippen LogP contribution >= 0.6 is 0 Å². The molecule has 170 valence electrons. The lowest BCUT2D eigenvalue weighted by atomic mass is 9.41. The summed E-state index contributed by atoms with van der Waals surface area (Å²) in [6.45, 7) is 12.6. The van der Waals surface area contributed by atoms with Gasteiger partial charge in [0, 0.05) is 16.4 Å². The van der Waals surface area contributed by atoms with Crippen molar-refractivity contribution in [1.29, 1.82) is 0 Å². The summed E-state index contributed by atoms with van der Waals surface area (Å²) in [7, 11) is 0. The molecule has 4 nitrogen and oxygen atoms in total. The van der Waals surface area contributed by atoms with Crippen LogP contribution in [0.25, 0.3) is 0 Å². The molecule has 0 aliphatic heterocycles. The van der Waals surface area contributed by atoms with Gasteiger partial charge >= 0.3 is 0 Å². The maximum absolute atomic E-state index is 13.3. The van der Waals surface area contributed by atoms with Gasteiger partial charge in [-0.05, 0) is 85.2 Å². The molecule has 0 saturated heterocycles. The predicted molar refractivity (Wildman–Crippen MR) is 124 cm³/mol. The van der Waals surface area contributed by atoms with Crippen molar-refractivity contribution < 1.29 is 19.8 Å². The molecule has 6 unspecified atom stereocenters. The third-order valence-corrected chi connectivity index (χ3v) is 9.72. The second-order valence-corrected chi connectivity index (χ2v) is 11.6. The number of allylic oxidation sites excluding steroid dienone is 9. The topological polar surface area (TPSA) is 74.6 Å². The van der Waals surface area contributed by atoms with E-state index in [2.05, 4.69) is 39.8 Å². The second-order valence-electron chi connectivity index (χ2n) is 11.6. The molecule has 0 amide bonds. The van der Waals surface area contributed by atoms with Crippen molar-refractivity contribution in [2.45, 2.75) is 73.3 Å². The highest BCUT2D eigenvalue weighted by Gasteiger charge is 2.62. The number of hydrogen-bond donors (Lipinski definition) is 2. The summed E-state index contributed by atoms with van der Waals surface area (Å²) in [4.78, 5) is 25.8. The van der Waals surface area contributed by atoms with Crippen molar-refractivity contribution in [1.82, 2.24) is 0 Å². The van der Waals surface area contributed by atoms with Gasteiger partial charge in [0.1, 0.15) is 6.10 Å². The highest BCUT2D eigenvalue weighted by Crippen LogP contribution is 2.68. The maximum atomic E-state index is 13.3. The molecule has 0 heterocycles. The Kier molecular flexibility index (Phi) is 4.35. The van der Waals surface area contributed by atoms with Gasteiger partial charge in [0.05, 0.1) is 0 Å². The minimum Gasteiger partial charge on any atom is -0.504 e. The molecule has 0 aromatic heterocycles. The number of carbonyl (C=O) groups excluding carboxylic acids is 2. The maximum Gasteiger partial charge on any atom is 0.220 e. The lowest BCUT2D eigenvalue weighted by molar-refractivity contribution is -0.156. The van der Waals surface area contributed by atoms with Gasteiger partial charge in [-0.2, -0.15) is 0 Å². The van der Waals surface area contributed by atoms with Crippen LogP contribution in [0.3, 0.4) is 0 Å². The van der Waals surface area contributed by atoms with E-state index in [1.807, 2.05) is 13.8 Å². The fraction of sp³-hybridized carbons (Fsp3) is 0.571. The van der Waals surface area contributed by atoms with Crippen LogP contribution in [0.5, 0.6) is 0 Å². The van der Waals surface area contributed by atoms with Crippen LogP contribution in [0.1, 0.15) is 67.2 Å². The zero-order valence-corrected chi connectivity index (χ0v) is 20.0. The number of fused-ring (bicyclic) bond motifs is 7. The van der Waals surface area contributed by atoms with E-state index in [9.17, 15) is 19.8 Å². The quantitative estimate of drug-likeness (QED) is 0.542. The summed E-state index contributed by atoms with van der Waals surface area (Å²) >= 11 is 0. The van der Waals surface area contributed by atoms with Crippen LogP contribution < -0.4 is 0 Å². The number of Topliss-reactive ketones (excluding diaryl/α,β-unsaturated/α-hetero) is 1.